The van der Waals surface area contributed by atoms with E-state index >= 15 is 0 Å². The molecule has 0 amide bonds. The summed E-state index contributed by atoms with van der Waals surface area (Å²) in [4.78, 5) is 4.10. The van der Waals surface area contributed by atoms with Crippen LogP contribution in [0, 0.1) is 5.41 Å². The highest BCUT2D eigenvalue weighted by Crippen LogP contribution is 2.18. The minimum Gasteiger partial charge on any atom is -0.489 e. The van der Waals surface area contributed by atoms with Crippen LogP contribution in [0.25, 0.3) is 0 Å². The van der Waals surface area contributed by atoms with Crippen LogP contribution < -0.4 is 15.2 Å². The van der Waals surface area contributed by atoms with E-state index in [9.17, 15) is 0 Å². The van der Waals surface area contributed by atoms with Gasteiger partial charge in [-0.2, -0.15) is 0 Å². The van der Waals surface area contributed by atoms with Crippen LogP contribution in [0.5, 0.6) is 11.6 Å². The second-order valence-corrected chi connectivity index (χ2v) is 3.90. The predicted octanol–water partition coefficient (Wildman–Crippen LogP) is 1.95. The van der Waals surface area contributed by atoms with Gasteiger partial charge < -0.3 is 15.2 Å². The molecule has 19 heavy (non-hydrogen) atoms. The van der Waals surface area contributed by atoms with Gasteiger partial charge in [-0.1, -0.05) is 0 Å². The monoisotopic (exact) mass is 257 g/mol. The first kappa shape index (κ1) is 12.9. The zero-order valence-electron chi connectivity index (χ0n) is 10.6. The lowest BCUT2D eigenvalue weighted by atomic mass is 10.2. The molecule has 0 fully saturated rings. The van der Waals surface area contributed by atoms with Crippen molar-refractivity contribution in [3.8, 4) is 11.6 Å². The molecule has 1 aromatic carbocycles. The van der Waals surface area contributed by atoms with E-state index in [0.29, 0.717) is 23.8 Å². The van der Waals surface area contributed by atoms with Crippen LogP contribution in [0.2, 0.25) is 0 Å². The number of nitrogens with one attached hydrogen (secondary N) is 1. The summed E-state index contributed by atoms with van der Waals surface area (Å²) >= 11 is 0. The Morgan fingerprint density at radius 1 is 1.26 bits per heavy atom. The lowest BCUT2D eigenvalue weighted by Crippen LogP contribution is -2.10. The van der Waals surface area contributed by atoms with Gasteiger partial charge in [0.15, 0.2) is 0 Å². The van der Waals surface area contributed by atoms with Gasteiger partial charge in [0.05, 0.1) is 12.7 Å². The Morgan fingerprint density at radius 2 is 2.00 bits per heavy atom. The quantitative estimate of drug-likeness (QED) is 0.633. The third-order valence-electron chi connectivity index (χ3n) is 2.60. The van der Waals surface area contributed by atoms with Gasteiger partial charge in [0.25, 0.3) is 0 Å². The van der Waals surface area contributed by atoms with E-state index in [2.05, 4.69) is 4.98 Å². The molecule has 0 saturated carbocycles. The number of hydrogen-bond donors (Lipinski definition) is 2. The molecular formula is C14H15N3O2. The normalized spacial score (nSPS) is 9.95. The van der Waals surface area contributed by atoms with Gasteiger partial charge in [0, 0.05) is 11.8 Å². The molecule has 2 aromatic rings. The van der Waals surface area contributed by atoms with Crippen molar-refractivity contribution in [2.24, 2.45) is 5.73 Å². The highest BCUT2D eigenvalue weighted by Gasteiger charge is 2.04. The summed E-state index contributed by atoms with van der Waals surface area (Å²) in [5.41, 5.74) is 6.93. The third-order valence-corrected chi connectivity index (χ3v) is 2.60. The molecule has 0 saturated heterocycles. The van der Waals surface area contributed by atoms with Crippen LogP contribution in [-0.2, 0) is 6.61 Å². The van der Waals surface area contributed by atoms with E-state index in [0.717, 1.165) is 5.56 Å². The average molecular weight is 257 g/mol. The number of hydrogen-bond acceptors (Lipinski definition) is 4. The molecular weight excluding hydrogens is 242 g/mol. The zero-order chi connectivity index (χ0) is 13.7. The molecule has 0 aliphatic rings. The molecule has 3 N–H and O–H groups in total. The first-order valence-electron chi connectivity index (χ1n) is 5.76. The SMILES string of the molecule is COc1ncccc1COc1ccc(C(=N)N)cc1. The zero-order valence-corrected chi connectivity index (χ0v) is 10.6. The topological polar surface area (TPSA) is 81.2 Å². The van der Waals surface area contributed by atoms with Crippen molar-refractivity contribution in [3.63, 3.8) is 0 Å². The van der Waals surface area contributed by atoms with Gasteiger partial charge in [-0.3, -0.25) is 5.41 Å². The second-order valence-electron chi connectivity index (χ2n) is 3.90. The van der Waals surface area contributed by atoms with Gasteiger partial charge >= 0.3 is 0 Å². The number of ether oxygens (including phenoxy) is 2. The Morgan fingerprint density at radius 3 is 2.63 bits per heavy atom. The largest absolute Gasteiger partial charge is 0.489 e. The van der Waals surface area contributed by atoms with Crippen molar-refractivity contribution < 1.29 is 9.47 Å². The summed E-state index contributed by atoms with van der Waals surface area (Å²) in [6.45, 7) is 0.371. The number of pyridine rings is 1. The number of rotatable bonds is 5. The standard InChI is InChI=1S/C14H15N3O2/c1-18-14-11(3-2-8-17-14)9-19-12-6-4-10(5-7-12)13(15)16/h2-8H,9H2,1H3,(H3,15,16). The highest BCUT2D eigenvalue weighted by molar-refractivity contribution is 5.94. The van der Waals surface area contributed by atoms with Crippen molar-refractivity contribution in [1.82, 2.24) is 4.98 Å². The maximum atomic E-state index is 7.31. The van der Waals surface area contributed by atoms with Gasteiger partial charge in [0.1, 0.15) is 18.2 Å². The summed E-state index contributed by atoms with van der Waals surface area (Å²) < 4.78 is 10.8. The number of nitrogens with zero attached hydrogens (tertiary/aromatic N) is 1. The number of amidine groups is 1. The van der Waals surface area contributed by atoms with Crippen molar-refractivity contribution >= 4 is 5.84 Å². The number of aromatic nitrogens is 1. The van der Waals surface area contributed by atoms with Crippen molar-refractivity contribution in [3.05, 3.63) is 53.7 Å². The number of methoxy groups -OCH3 is 1. The average Bonchev–Trinajstić information content (AvgIpc) is 2.45. The van der Waals surface area contributed by atoms with Gasteiger partial charge in [-0.25, -0.2) is 4.98 Å². The molecule has 1 heterocycles. The molecule has 0 unspecified atom stereocenters. The Balaban J connectivity index is 2.04. The molecule has 0 bridgehead atoms. The Hall–Kier alpha value is -2.56. The smallest absolute Gasteiger partial charge is 0.219 e. The molecule has 0 aliphatic heterocycles. The van der Waals surface area contributed by atoms with E-state index in [1.165, 1.54) is 0 Å². The minimum absolute atomic E-state index is 0.0421. The Kier molecular flexibility index (Phi) is 3.97. The summed E-state index contributed by atoms with van der Waals surface area (Å²) in [6.07, 6.45) is 1.67. The molecule has 0 atom stereocenters. The van der Waals surface area contributed by atoms with Crippen LogP contribution in [-0.4, -0.2) is 17.9 Å². The number of nitrogen functional groups attached to an aromatic ring is 1. The van der Waals surface area contributed by atoms with Crippen LogP contribution in [0.3, 0.4) is 0 Å². The number of benzene rings is 1. The molecule has 1 aromatic heterocycles. The maximum Gasteiger partial charge on any atom is 0.219 e. The summed E-state index contributed by atoms with van der Waals surface area (Å²) in [6, 6.07) is 10.8. The summed E-state index contributed by atoms with van der Waals surface area (Å²) in [5.74, 6) is 1.30. The van der Waals surface area contributed by atoms with Gasteiger partial charge in [-0.15, -0.1) is 0 Å². The lowest BCUT2D eigenvalue weighted by molar-refractivity contribution is 0.294. The number of nitrogens with two attached hydrogens (primary N) is 1. The Labute approximate surface area is 111 Å². The maximum absolute atomic E-state index is 7.31. The molecule has 2 rings (SSSR count). The minimum atomic E-state index is 0.0421. The molecule has 5 heteroatoms. The van der Waals surface area contributed by atoms with Crippen molar-refractivity contribution in [2.75, 3.05) is 7.11 Å². The third kappa shape index (κ3) is 3.22. The van der Waals surface area contributed by atoms with Crippen molar-refractivity contribution in [1.29, 1.82) is 5.41 Å². The second kappa shape index (κ2) is 5.86. The lowest BCUT2D eigenvalue weighted by Gasteiger charge is -2.09. The highest BCUT2D eigenvalue weighted by atomic mass is 16.5. The fourth-order valence-corrected chi connectivity index (χ4v) is 1.61. The van der Waals surface area contributed by atoms with Gasteiger partial charge in [-0.05, 0) is 36.4 Å². The van der Waals surface area contributed by atoms with E-state index in [-0.39, 0.29) is 5.84 Å². The molecule has 0 radical (unpaired) electrons. The van der Waals surface area contributed by atoms with Gasteiger partial charge in [0.2, 0.25) is 5.88 Å². The van der Waals surface area contributed by atoms with E-state index in [1.54, 1.807) is 37.6 Å². The first-order chi connectivity index (χ1) is 9.20. The molecule has 5 nitrogen and oxygen atoms in total. The van der Waals surface area contributed by atoms with Crippen LogP contribution in [0.15, 0.2) is 42.6 Å². The first-order valence-corrected chi connectivity index (χ1v) is 5.76. The summed E-state index contributed by atoms with van der Waals surface area (Å²) in [7, 11) is 1.58. The fraction of sp³-hybridized carbons (Fsp3) is 0.143. The van der Waals surface area contributed by atoms with Crippen molar-refractivity contribution in [2.45, 2.75) is 6.61 Å². The van der Waals surface area contributed by atoms with Crippen LogP contribution in [0.4, 0.5) is 0 Å². The van der Waals surface area contributed by atoms with Crippen LogP contribution >= 0.6 is 0 Å². The van der Waals surface area contributed by atoms with Crippen LogP contribution in [0.1, 0.15) is 11.1 Å². The predicted molar refractivity (Wildman–Crippen MR) is 72.6 cm³/mol. The van der Waals surface area contributed by atoms with E-state index in [4.69, 9.17) is 20.6 Å². The van der Waals surface area contributed by atoms with E-state index in [1.807, 2.05) is 12.1 Å². The fourth-order valence-electron chi connectivity index (χ4n) is 1.61. The molecule has 98 valence electrons. The summed E-state index contributed by atoms with van der Waals surface area (Å²) in [5, 5.41) is 7.31. The van der Waals surface area contributed by atoms with E-state index < -0.39 is 0 Å². The molecule has 0 spiro atoms. The Bertz CT molecular complexity index is 567. The molecule has 0 aliphatic carbocycles.